The summed E-state index contributed by atoms with van der Waals surface area (Å²) in [4.78, 5) is 0. The molecule has 0 nitrogen and oxygen atoms in total. The monoisotopic (exact) mass is 526 g/mol. The molecule has 0 heterocycles. The molecule has 0 atom stereocenters. The van der Waals surface area contributed by atoms with E-state index in [2.05, 4.69) is 134 Å². The summed E-state index contributed by atoms with van der Waals surface area (Å²) < 4.78 is 0. The van der Waals surface area contributed by atoms with Crippen molar-refractivity contribution in [3.05, 3.63) is 134 Å². The molecular weight excluding hydrogens is 504 g/mol. The summed E-state index contributed by atoms with van der Waals surface area (Å²) in [5, 5.41) is 5.54. The molecule has 0 saturated heterocycles. The number of rotatable bonds is 7. The van der Waals surface area contributed by atoms with Crippen molar-refractivity contribution in [1.29, 1.82) is 0 Å². The van der Waals surface area contributed by atoms with Gasteiger partial charge in [-0.05, 0) is 0 Å². The first-order valence-corrected chi connectivity index (χ1v) is 12.2. The second-order valence-electron chi connectivity index (χ2n) is 6.38. The van der Waals surface area contributed by atoms with Gasteiger partial charge in [0.15, 0.2) is 0 Å². The van der Waals surface area contributed by atoms with Crippen LogP contribution in [0.25, 0.3) is 0 Å². The summed E-state index contributed by atoms with van der Waals surface area (Å²) in [5.74, 6) is 0. The van der Waals surface area contributed by atoms with Crippen LogP contribution in [0.3, 0.4) is 0 Å². The van der Waals surface area contributed by atoms with Gasteiger partial charge in [0.2, 0.25) is 0 Å². The van der Waals surface area contributed by atoms with Crippen molar-refractivity contribution in [2.75, 3.05) is 0 Å². The molecule has 0 aromatic heterocycles. The van der Waals surface area contributed by atoms with E-state index in [0.29, 0.717) is 0 Å². The summed E-state index contributed by atoms with van der Waals surface area (Å²) >= 11 is 0. The zero-order valence-corrected chi connectivity index (χ0v) is 21.1. The molecule has 0 aliphatic heterocycles. The number of hydrogen-bond donors (Lipinski definition) is 0. The summed E-state index contributed by atoms with van der Waals surface area (Å²) in [7, 11) is -1.06. The molecule has 0 spiro atoms. The quantitative estimate of drug-likeness (QED) is 0.148. The second-order valence-corrected chi connectivity index (χ2v) is 10.5. The van der Waals surface area contributed by atoms with Gasteiger partial charge >= 0.3 is 16.5 Å². The molecule has 5 heteroatoms. The van der Waals surface area contributed by atoms with Gasteiger partial charge in [-0.15, -0.1) is 24.8 Å². The maximum Gasteiger partial charge on any atom is 2.00 e. The molecule has 0 radical (unpaired) electrons. The van der Waals surface area contributed by atoms with E-state index in [-0.39, 0.29) is 41.3 Å². The minimum atomic E-state index is -0.528. The molecule has 162 valence electrons. The van der Waals surface area contributed by atoms with Gasteiger partial charge in [0, 0.05) is 0 Å². The Balaban J connectivity index is 0.00000160. The van der Waals surface area contributed by atoms with E-state index in [4.69, 9.17) is 0 Å². The molecule has 0 aliphatic carbocycles. The van der Waals surface area contributed by atoms with Crippen LogP contribution in [0.2, 0.25) is 0 Å². The van der Waals surface area contributed by atoms with E-state index in [1.165, 1.54) is 21.2 Å². The van der Waals surface area contributed by atoms with Crippen LogP contribution in [0.5, 0.6) is 0 Å². The molecule has 0 fully saturated rings. The Bertz CT molecular complexity index is 809. The van der Waals surface area contributed by atoms with E-state index in [1.54, 1.807) is 0 Å². The van der Waals surface area contributed by atoms with Gasteiger partial charge in [0.25, 0.3) is 0 Å². The molecule has 0 aliphatic rings. The van der Waals surface area contributed by atoms with Crippen LogP contribution in [-0.4, -0.2) is 0 Å². The number of halogens is 2. The van der Waals surface area contributed by atoms with Crippen molar-refractivity contribution < 1.29 is 16.5 Å². The van der Waals surface area contributed by atoms with Crippen LogP contribution in [0.4, 0.5) is 0 Å². The van der Waals surface area contributed by atoms with Crippen molar-refractivity contribution in [2.24, 2.45) is 0 Å². The van der Waals surface area contributed by atoms with Gasteiger partial charge in [0.05, 0.1) is 0 Å². The summed E-state index contributed by atoms with van der Waals surface area (Å²) in [6.07, 6.45) is 4.90. The number of benzene rings is 4. The molecule has 0 unspecified atom stereocenters. The summed E-state index contributed by atoms with van der Waals surface area (Å²) in [5.41, 5.74) is 0. The van der Waals surface area contributed by atoms with Gasteiger partial charge in [-0.25, -0.2) is 15.8 Å². The Morgan fingerprint density at radius 3 is 0.742 bits per heavy atom. The third-order valence-electron chi connectivity index (χ3n) is 4.50. The fourth-order valence-corrected chi connectivity index (χ4v) is 7.45. The Hall–Kier alpha value is -1.19. The maximum atomic E-state index is 2.45. The van der Waals surface area contributed by atoms with E-state index < -0.39 is 15.8 Å². The van der Waals surface area contributed by atoms with Gasteiger partial charge in [-0.2, -0.15) is 0 Å². The normalized spacial score (nSPS) is 10.0. The Labute approximate surface area is 211 Å². The molecule has 4 aromatic rings. The first-order chi connectivity index (χ1) is 13.9. The van der Waals surface area contributed by atoms with Gasteiger partial charge in [-0.1, -0.05) is 143 Å². The minimum absolute atomic E-state index is 0. The third-order valence-corrected chi connectivity index (χ3v) is 9.05. The average Bonchev–Trinajstić information content (AvgIpc) is 2.79. The minimum Gasteiger partial charge on any atom is -0.454 e. The topological polar surface area (TPSA) is 0 Å². The van der Waals surface area contributed by atoms with Crippen LogP contribution >= 0.6 is 40.7 Å². The molecule has 4 aromatic carbocycles. The van der Waals surface area contributed by atoms with E-state index >= 15 is 0 Å². The fourth-order valence-electron chi connectivity index (χ4n) is 3.13. The van der Waals surface area contributed by atoms with Gasteiger partial charge < -0.3 is 12.3 Å². The summed E-state index contributed by atoms with van der Waals surface area (Å²) in [6, 6.07) is 43.4. The maximum absolute atomic E-state index is 2.45. The number of hydrogen-bond acceptors (Lipinski definition) is 0. The van der Waals surface area contributed by atoms with Crippen molar-refractivity contribution in [2.45, 2.75) is 0 Å². The van der Waals surface area contributed by atoms with E-state index in [1.807, 2.05) is 0 Å². The third kappa shape index (κ3) is 7.72. The first-order valence-electron chi connectivity index (χ1n) is 9.39. The van der Waals surface area contributed by atoms with Crippen LogP contribution in [0, 0.1) is 12.3 Å². The smallest absolute Gasteiger partial charge is 0.454 e. The molecule has 0 bridgehead atoms. The largest absolute Gasteiger partial charge is 2.00 e. The fraction of sp³-hybridized carbons (Fsp3) is 0. The zero-order valence-electron chi connectivity index (χ0n) is 16.7. The van der Waals surface area contributed by atoms with Crippen LogP contribution < -0.4 is 21.2 Å². The molecule has 4 rings (SSSR count). The second kappa shape index (κ2) is 14.8. The van der Waals surface area contributed by atoms with Crippen LogP contribution in [0.15, 0.2) is 121 Å². The molecular formula is C26H24Cl2NiP2. The van der Waals surface area contributed by atoms with Gasteiger partial charge in [0.1, 0.15) is 0 Å². The van der Waals surface area contributed by atoms with Crippen LogP contribution in [-0.2, 0) is 16.5 Å². The Morgan fingerprint density at radius 1 is 0.355 bits per heavy atom. The van der Waals surface area contributed by atoms with Crippen LogP contribution in [0.1, 0.15) is 0 Å². The summed E-state index contributed by atoms with van der Waals surface area (Å²) in [6.45, 7) is 0. The van der Waals surface area contributed by atoms with Crippen molar-refractivity contribution in [3.63, 3.8) is 0 Å². The van der Waals surface area contributed by atoms with Crippen molar-refractivity contribution in [1.82, 2.24) is 0 Å². The molecule has 31 heavy (non-hydrogen) atoms. The van der Waals surface area contributed by atoms with Crippen molar-refractivity contribution >= 4 is 61.9 Å². The predicted molar refractivity (Wildman–Crippen MR) is 141 cm³/mol. The molecule has 0 saturated carbocycles. The molecule has 0 N–H and O–H groups in total. The zero-order chi connectivity index (χ0) is 19.0. The Kier molecular flexibility index (Phi) is 13.3. The average molecular weight is 528 g/mol. The first kappa shape index (κ1) is 27.8. The SMILES string of the molecule is Cl.Cl.[Ni+2].c1ccc(P([CH-][CH-]P(c2ccccc2)c2ccccc2)c2ccccc2)cc1. The van der Waals surface area contributed by atoms with E-state index in [9.17, 15) is 0 Å². The standard InChI is InChI=1S/C26H22P2.2ClH.Ni/c1-5-13-23(14-6-1)27(24-15-7-2-8-16-24)21-22-28(25-17-9-3-10-18-25)26-19-11-4-12-20-26;;;/h1-22H;2*1H;/q-2;;;+2. The Morgan fingerprint density at radius 2 is 0.548 bits per heavy atom. The van der Waals surface area contributed by atoms with Crippen molar-refractivity contribution in [3.8, 4) is 0 Å². The molecule has 0 amide bonds. The van der Waals surface area contributed by atoms with Gasteiger partial charge in [-0.3, -0.25) is 0 Å². The van der Waals surface area contributed by atoms with E-state index in [0.717, 1.165) is 0 Å². The predicted octanol–water partition coefficient (Wildman–Crippen LogP) is 6.42.